The highest BCUT2D eigenvalue weighted by atomic mass is 16.5. The molecular formula is C16H21N3O3. The van der Waals surface area contributed by atoms with Crippen molar-refractivity contribution >= 4 is 11.8 Å². The largest absolute Gasteiger partial charge is 0.363 e. The van der Waals surface area contributed by atoms with Crippen LogP contribution in [-0.4, -0.2) is 58.4 Å². The van der Waals surface area contributed by atoms with Crippen LogP contribution in [0.1, 0.15) is 25.5 Å². The van der Waals surface area contributed by atoms with E-state index in [9.17, 15) is 9.59 Å². The Balaban J connectivity index is 1.61. The van der Waals surface area contributed by atoms with E-state index in [0.29, 0.717) is 13.0 Å². The number of likely N-dealkylation sites (tertiary alicyclic amines) is 1. The summed E-state index contributed by atoms with van der Waals surface area (Å²) in [4.78, 5) is 31.8. The quantitative estimate of drug-likeness (QED) is 0.829. The lowest BCUT2D eigenvalue weighted by molar-refractivity contribution is -0.142. The minimum absolute atomic E-state index is 0.00102. The molecule has 3 atom stereocenters. The van der Waals surface area contributed by atoms with E-state index in [4.69, 9.17) is 4.74 Å². The molecule has 2 saturated heterocycles. The van der Waals surface area contributed by atoms with E-state index >= 15 is 0 Å². The summed E-state index contributed by atoms with van der Waals surface area (Å²) in [6.45, 7) is 2.77. The van der Waals surface area contributed by atoms with Crippen LogP contribution in [0.5, 0.6) is 0 Å². The average molecular weight is 303 g/mol. The molecule has 3 heterocycles. The molecule has 6 heteroatoms. The summed E-state index contributed by atoms with van der Waals surface area (Å²) in [5.41, 5.74) is 0.849. The molecule has 0 aliphatic carbocycles. The van der Waals surface area contributed by atoms with Gasteiger partial charge in [0.05, 0.1) is 24.4 Å². The molecule has 1 aromatic rings. The van der Waals surface area contributed by atoms with Gasteiger partial charge in [-0.05, 0) is 18.6 Å². The number of amides is 2. The highest BCUT2D eigenvalue weighted by Gasteiger charge is 2.47. The zero-order valence-electron chi connectivity index (χ0n) is 12.9. The van der Waals surface area contributed by atoms with Gasteiger partial charge in [-0.3, -0.25) is 14.6 Å². The molecule has 118 valence electrons. The monoisotopic (exact) mass is 303 g/mol. The van der Waals surface area contributed by atoms with Crippen LogP contribution < -0.4 is 0 Å². The second kappa shape index (κ2) is 6.04. The van der Waals surface area contributed by atoms with Crippen LogP contribution in [0.3, 0.4) is 0 Å². The standard InChI is InChI=1S/C16H21N3O3/c1-11(20)19-8-6-14-13(19)9-15(22-14)16(21)18(2)10-12-5-3-4-7-17-12/h3-5,7,13-15H,6,8-10H2,1-2H3/t13-,14-,15-/m0/s1. The van der Waals surface area contributed by atoms with E-state index in [2.05, 4.69) is 4.98 Å². The fourth-order valence-electron chi connectivity index (χ4n) is 3.36. The summed E-state index contributed by atoms with van der Waals surface area (Å²) in [6, 6.07) is 5.70. The Labute approximate surface area is 130 Å². The highest BCUT2D eigenvalue weighted by Crippen LogP contribution is 2.33. The number of aromatic nitrogens is 1. The number of rotatable bonds is 3. The van der Waals surface area contributed by atoms with Crippen molar-refractivity contribution in [2.45, 2.75) is 44.6 Å². The maximum atomic E-state index is 12.5. The summed E-state index contributed by atoms with van der Waals surface area (Å²) in [5, 5.41) is 0. The number of nitrogens with zero attached hydrogens (tertiary/aromatic N) is 3. The first-order valence-electron chi connectivity index (χ1n) is 7.64. The van der Waals surface area contributed by atoms with E-state index in [0.717, 1.165) is 18.7 Å². The number of hydrogen-bond donors (Lipinski definition) is 0. The van der Waals surface area contributed by atoms with Crippen molar-refractivity contribution in [1.82, 2.24) is 14.8 Å². The van der Waals surface area contributed by atoms with Gasteiger partial charge in [0, 0.05) is 33.1 Å². The van der Waals surface area contributed by atoms with Crippen molar-refractivity contribution in [2.24, 2.45) is 0 Å². The van der Waals surface area contributed by atoms with Gasteiger partial charge in [-0.25, -0.2) is 0 Å². The van der Waals surface area contributed by atoms with E-state index in [1.54, 1.807) is 25.1 Å². The third-order valence-corrected chi connectivity index (χ3v) is 4.46. The fraction of sp³-hybridized carbons (Fsp3) is 0.562. The summed E-state index contributed by atoms with van der Waals surface area (Å²) in [5.74, 6) is 0.0228. The maximum Gasteiger partial charge on any atom is 0.251 e. The van der Waals surface area contributed by atoms with Crippen LogP contribution in [0.15, 0.2) is 24.4 Å². The predicted molar refractivity (Wildman–Crippen MR) is 79.8 cm³/mol. The normalized spacial score (nSPS) is 26.8. The Morgan fingerprint density at radius 3 is 2.95 bits per heavy atom. The van der Waals surface area contributed by atoms with Crippen LogP contribution in [0.2, 0.25) is 0 Å². The summed E-state index contributed by atoms with van der Waals surface area (Å²) < 4.78 is 5.88. The maximum absolute atomic E-state index is 12.5. The summed E-state index contributed by atoms with van der Waals surface area (Å²) >= 11 is 0. The smallest absolute Gasteiger partial charge is 0.251 e. The average Bonchev–Trinajstić information content (AvgIpc) is 3.07. The van der Waals surface area contributed by atoms with Crippen molar-refractivity contribution in [2.75, 3.05) is 13.6 Å². The van der Waals surface area contributed by atoms with Gasteiger partial charge in [-0.15, -0.1) is 0 Å². The van der Waals surface area contributed by atoms with Gasteiger partial charge in [-0.2, -0.15) is 0 Å². The van der Waals surface area contributed by atoms with Gasteiger partial charge in [-0.1, -0.05) is 6.07 Å². The number of carbonyl (C=O) groups excluding carboxylic acids is 2. The van der Waals surface area contributed by atoms with Crippen molar-refractivity contribution in [1.29, 1.82) is 0 Å². The first-order valence-corrected chi connectivity index (χ1v) is 7.64. The molecule has 3 rings (SSSR count). The van der Waals surface area contributed by atoms with E-state index in [-0.39, 0.29) is 24.0 Å². The second-order valence-corrected chi connectivity index (χ2v) is 5.98. The Bertz CT molecular complexity index is 563. The zero-order valence-corrected chi connectivity index (χ0v) is 12.9. The van der Waals surface area contributed by atoms with Gasteiger partial charge in [0.1, 0.15) is 6.10 Å². The number of ether oxygens (including phenoxy) is 1. The molecule has 0 aromatic carbocycles. The van der Waals surface area contributed by atoms with Crippen LogP contribution in [0.4, 0.5) is 0 Å². The lowest BCUT2D eigenvalue weighted by Crippen LogP contribution is -2.38. The Morgan fingerprint density at radius 2 is 2.27 bits per heavy atom. The van der Waals surface area contributed by atoms with Crippen molar-refractivity contribution in [3.63, 3.8) is 0 Å². The Morgan fingerprint density at radius 1 is 1.45 bits per heavy atom. The van der Waals surface area contributed by atoms with Gasteiger partial charge >= 0.3 is 0 Å². The Kier molecular flexibility index (Phi) is 4.11. The summed E-state index contributed by atoms with van der Waals surface area (Å²) in [6.07, 6.45) is 2.68. The molecule has 0 bridgehead atoms. The van der Waals surface area contributed by atoms with Crippen LogP contribution in [0.25, 0.3) is 0 Å². The van der Waals surface area contributed by atoms with E-state index < -0.39 is 6.10 Å². The molecule has 0 spiro atoms. The number of likely N-dealkylation sites (N-methyl/N-ethyl adjacent to an activating group) is 1. The third kappa shape index (κ3) is 2.83. The molecule has 2 aliphatic rings. The molecular weight excluding hydrogens is 282 g/mol. The molecule has 2 amide bonds. The predicted octanol–water partition coefficient (Wildman–Crippen LogP) is 0.818. The van der Waals surface area contributed by atoms with E-state index in [1.165, 1.54) is 0 Å². The van der Waals surface area contributed by atoms with Gasteiger partial charge in [0.2, 0.25) is 5.91 Å². The topological polar surface area (TPSA) is 62.7 Å². The van der Waals surface area contributed by atoms with Crippen LogP contribution in [0, 0.1) is 0 Å². The number of hydrogen-bond acceptors (Lipinski definition) is 4. The molecule has 22 heavy (non-hydrogen) atoms. The molecule has 0 radical (unpaired) electrons. The molecule has 1 aromatic heterocycles. The number of carbonyl (C=O) groups is 2. The molecule has 6 nitrogen and oxygen atoms in total. The third-order valence-electron chi connectivity index (χ3n) is 4.46. The summed E-state index contributed by atoms with van der Waals surface area (Å²) in [7, 11) is 1.76. The van der Waals surface area contributed by atoms with Crippen LogP contribution in [-0.2, 0) is 20.9 Å². The zero-order chi connectivity index (χ0) is 15.7. The SMILES string of the molecule is CC(=O)N1CC[C@@H]2O[C@H](C(=O)N(C)Cc3ccccn3)C[C@@H]21. The van der Waals surface area contributed by atoms with Gasteiger partial charge in [0.15, 0.2) is 0 Å². The minimum atomic E-state index is -0.453. The molecule has 0 saturated carbocycles. The Hall–Kier alpha value is -1.95. The number of fused-ring (bicyclic) bond motifs is 1. The molecule has 2 aliphatic heterocycles. The lowest BCUT2D eigenvalue weighted by atomic mass is 10.1. The van der Waals surface area contributed by atoms with Crippen molar-refractivity contribution in [3.8, 4) is 0 Å². The number of pyridine rings is 1. The molecule has 2 fully saturated rings. The highest BCUT2D eigenvalue weighted by molar-refractivity contribution is 5.81. The van der Waals surface area contributed by atoms with Crippen LogP contribution >= 0.6 is 0 Å². The van der Waals surface area contributed by atoms with Gasteiger partial charge < -0.3 is 14.5 Å². The first kappa shape index (κ1) is 15.0. The molecule has 0 N–H and O–H groups in total. The van der Waals surface area contributed by atoms with Crippen molar-refractivity contribution in [3.05, 3.63) is 30.1 Å². The fourth-order valence-corrected chi connectivity index (χ4v) is 3.36. The lowest BCUT2D eigenvalue weighted by Gasteiger charge is -2.23. The van der Waals surface area contributed by atoms with E-state index in [1.807, 2.05) is 23.1 Å². The van der Waals surface area contributed by atoms with Gasteiger partial charge in [0.25, 0.3) is 5.91 Å². The molecule has 0 unspecified atom stereocenters. The van der Waals surface area contributed by atoms with Crippen molar-refractivity contribution < 1.29 is 14.3 Å². The second-order valence-electron chi connectivity index (χ2n) is 5.98. The first-order chi connectivity index (χ1) is 10.6. The minimum Gasteiger partial charge on any atom is -0.363 e.